The third-order valence-electron chi connectivity index (χ3n) is 4.09. The summed E-state index contributed by atoms with van der Waals surface area (Å²) < 4.78 is 0. The molecular formula is C15H26N2O4. The molecule has 1 fully saturated rings. The van der Waals surface area contributed by atoms with Gasteiger partial charge in [-0.25, -0.2) is 0 Å². The van der Waals surface area contributed by atoms with Crippen LogP contribution >= 0.6 is 0 Å². The summed E-state index contributed by atoms with van der Waals surface area (Å²) in [6.45, 7) is 5.23. The third-order valence-corrected chi connectivity index (χ3v) is 4.09. The van der Waals surface area contributed by atoms with Crippen LogP contribution in [0.5, 0.6) is 0 Å². The normalized spacial score (nSPS) is 21.0. The molecule has 2 atom stereocenters. The smallest absolute Gasteiger partial charge is 0.308 e. The van der Waals surface area contributed by atoms with Gasteiger partial charge in [-0.3, -0.25) is 14.4 Å². The molecule has 0 spiro atoms. The molecule has 0 bridgehead atoms. The molecule has 0 aliphatic heterocycles. The Balaban J connectivity index is 2.28. The van der Waals surface area contributed by atoms with Crippen molar-refractivity contribution in [1.82, 2.24) is 10.2 Å². The van der Waals surface area contributed by atoms with Gasteiger partial charge >= 0.3 is 5.97 Å². The van der Waals surface area contributed by atoms with Gasteiger partial charge in [-0.2, -0.15) is 0 Å². The van der Waals surface area contributed by atoms with Gasteiger partial charge in [0.05, 0.1) is 5.92 Å². The van der Waals surface area contributed by atoms with Crippen LogP contribution in [0.25, 0.3) is 0 Å². The minimum atomic E-state index is -0.838. The van der Waals surface area contributed by atoms with Gasteiger partial charge in [0.15, 0.2) is 0 Å². The Kier molecular flexibility index (Phi) is 7.19. The molecule has 6 heteroatoms. The molecule has 0 radical (unpaired) electrons. The average molecular weight is 298 g/mol. The molecule has 1 rings (SSSR count). The molecule has 0 unspecified atom stereocenters. The zero-order valence-electron chi connectivity index (χ0n) is 12.9. The molecule has 0 aromatic heterocycles. The van der Waals surface area contributed by atoms with Crippen molar-refractivity contribution in [3.63, 3.8) is 0 Å². The largest absolute Gasteiger partial charge is 0.481 e. The van der Waals surface area contributed by atoms with Crippen LogP contribution < -0.4 is 5.32 Å². The number of carboxylic acids is 1. The van der Waals surface area contributed by atoms with E-state index in [9.17, 15) is 14.4 Å². The monoisotopic (exact) mass is 298 g/mol. The van der Waals surface area contributed by atoms with E-state index in [1.54, 1.807) is 4.90 Å². The SMILES string of the molecule is CCN(CC)C(=O)CCCC(=O)N[C@@H]1CCC[C@@H]1C(=O)O. The van der Waals surface area contributed by atoms with E-state index in [0.29, 0.717) is 32.4 Å². The molecule has 2 amide bonds. The molecule has 0 aromatic rings. The summed E-state index contributed by atoms with van der Waals surface area (Å²) in [4.78, 5) is 36.4. The van der Waals surface area contributed by atoms with E-state index in [1.807, 2.05) is 13.8 Å². The van der Waals surface area contributed by atoms with E-state index < -0.39 is 11.9 Å². The van der Waals surface area contributed by atoms with Crippen LogP contribution in [0.3, 0.4) is 0 Å². The van der Waals surface area contributed by atoms with Crippen LogP contribution in [0.2, 0.25) is 0 Å². The van der Waals surface area contributed by atoms with E-state index in [0.717, 1.165) is 12.8 Å². The van der Waals surface area contributed by atoms with Crippen LogP contribution in [0.15, 0.2) is 0 Å². The second-order valence-electron chi connectivity index (χ2n) is 5.47. The Morgan fingerprint density at radius 1 is 1.14 bits per heavy atom. The zero-order chi connectivity index (χ0) is 15.8. The summed E-state index contributed by atoms with van der Waals surface area (Å²) >= 11 is 0. The van der Waals surface area contributed by atoms with Gasteiger partial charge in [-0.05, 0) is 33.1 Å². The number of carboxylic acid groups (broad SMARTS) is 1. The van der Waals surface area contributed by atoms with Gasteiger partial charge in [0.25, 0.3) is 0 Å². The molecule has 2 N–H and O–H groups in total. The molecule has 1 aliphatic rings. The molecule has 0 heterocycles. The molecule has 21 heavy (non-hydrogen) atoms. The number of nitrogens with one attached hydrogen (secondary N) is 1. The number of nitrogens with zero attached hydrogens (tertiary/aromatic N) is 1. The number of aliphatic carboxylic acids is 1. The first-order valence-corrected chi connectivity index (χ1v) is 7.79. The maximum absolute atomic E-state index is 11.8. The summed E-state index contributed by atoms with van der Waals surface area (Å²) in [6, 6.07) is -0.256. The Bertz CT molecular complexity index is 380. The van der Waals surface area contributed by atoms with E-state index in [4.69, 9.17) is 5.11 Å². The summed E-state index contributed by atoms with van der Waals surface area (Å²) in [5, 5.41) is 11.9. The minimum Gasteiger partial charge on any atom is -0.481 e. The molecule has 6 nitrogen and oxygen atoms in total. The topological polar surface area (TPSA) is 86.7 Å². The van der Waals surface area contributed by atoms with Crippen LogP contribution in [0.4, 0.5) is 0 Å². The van der Waals surface area contributed by atoms with Crippen molar-refractivity contribution in [2.45, 2.75) is 58.4 Å². The van der Waals surface area contributed by atoms with Crippen LogP contribution in [0, 0.1) is 5.92 Å². The van der Waals surface area contributed by atoms with Crippen molar-refractivity contribution in [3.8, 4) is 0 Å². The van der Waals surface area contributed by atoms with Crippen molar-refractivity contribution in [2.75, 3.05) is 13.1 Å². The predicted octanol–water partition coefficient (Wildman–Crippen LogP) is 1.39. The number of hydrogen-bond donors (Lipinski definition) is 2. The van der Waals surface area contributed by atoms with Gasteiger partial charge in [0.1, 0.15) is 0 Å². The summed E-state index contributed by atoms with van der Waals surface area (Å²) in [6.07, 6.45) is 3.33. The van der Waals surface area contributed by atoms with Crippen molar-refractivity contribution >= 4 is 17.8 Å². The highest BCUT2D eigenvalue weighted by Crippen LogP contribution is 2.25. The molecule has 1 aliphatic carbocycles. The van der Waals surface area contributed by atoms with Gasteiger partial charge in [-0.1, -0.05) is 6.42 Å². The maximum atomic E-state index is 11.8. The number of amides is 2. The van der Waals surface area contributed by atoms with Crippen LogP contribution in [-0.2, 0) is 14.4 Å². The van der Waals surface area contributed by atoms with Gasteiger partial charge in [-0.15, -0.1) is 0 Å². The summed E-state index contributed by atoms with van der Waals surface area (Å²) in [5.41, 5.74) is 0. The molecular weight excluding hydrogens is 272 g/mol. The van der Waals surface area contributed by atoms with E-state index in [2.05, 4.69) is 5.32 Å². The molecule has 1 saturated carbocycles. The molecule has 0 saturated heterocycles. The lowest BCUT2D eigenvalue weighted by molar-refractivity contribution is -0.142. The van der Waals surface area contributed by atoms with Crippen molar-refractivity contribution < 1.29 is 19.5 Å². The first-order valence-electron chi connectivity index (χ1n) is 7.79. The number of carbonyl (C=O) groups is 3. The average Bonchev–Trinajstić information content (AvgIpc) is 2.88. The lowest BCUT2D eigenvalue weighted by Gasteiger charge is -2.19. The van der Waals surface area contributed by atoms with E-state index in [-0.39, 0.29) is 24.3 Å². The quantitative estimate of drug-likeness (QED) is 0.709. The fourth-order valence-corrected chi connectivity index (χ4v) is 2.84. The summed E-state index contributed by atoms with van der Waals surface area (Å²) in [7, 11) is 0. The fraction of sp³-hybridized carbons (Fsp3) is 0.800. The van der Waals surface area contributed by atoms with Gasteiger partial charge in [0, 0.05) is 32.0 Å². The van der Waals surface area contributed by atoms with E-state index >= 15 is 0 Å². The maximum Gasteiger partial charge on any atom is 0.308 e. The van der Waals surface area contributed by atoms with Gasteiger partial charge < -0.3 is 15.3 Å². The Morgan fingerprint density at radius 3 is 2.38 bits per heavy atom. The predicted molar refractivity (Wildman–Crippen MR) is 78.7 cm³/mol. The van der Waals surface area contributed by atoms with Crippen molar-refractivity contribution in [1.29, 1.82) is 0 Å². The Morgan fingerprint density at radius 2 is 1.81 bits per heavy atom. The second-order valence-corrected chi connectivity index (χ2v) is 5.47. The van der Waals surface area contributed by atoms with Crippen molar-refractivity contribution in [2.24, 2.45) is 5.92 Å². The van der Waals surface area contributed by atoms with Crippen LogP contribution in [0.1, 0.15) is 52.4 Å². The third kappa shape index (κ3) is 5.36. The van der Waals surface area contributed by atoms with E-state index in [1.165, 1.54) is 0 Å². The number of rotatable bonds is 8. The highest BCUT2D eigenvalue weighted by atomic mass is 16.4. The van der Waals surface area contributed by atoms with Crippen molar-refractivity contribution in [3.05, 3.63) is 0 Å². The summed E-state index contributed by atoms with van der Waals surface area (Å²) in [5.74, 6) is -1.39. The first kappa shape index (κ1) is 17.5. The lowest BCUT2D eigenvalue weighted by atomic mass is 10.0. The van der Waals surface area contributed by atoms with Gasteiger partial charge in [0.2, 0.25) is 11.8 Å². The molecule has 120 valence electrons. The highest BCUT2D eigenvalue weighted by molar-refractivity contribution is 5.80. The number of carbonyl (C=O) groups excluding carboxylic acids is 2. The minimum absolute atomic E-state index is 0.0667. The fourth-order valence-electron chi connectivity index (χ4n) is 2.84. The second kappa shape index (κ2) is 8.64. The lowest BCUT2D eigenvalue weighted by Crippen LogP contribution is -2.40. The molecule has 0 aromatic carbocycles. The highest BCUT2D eigenvalue weighted by Gasteiger charge is 2.33. The first-order chi connectivity index (χ1) is 9.99. The zero-order valence-corrected chi connectivity index (χ0v) is 12.9. The Hall–Kier alpha value is -1.59. The number of hydrogen-bond acceptors (Lipinski definition) is 3. The Labute approximate surface area is 125 Å². The van der Waals surface area contributed by atoms with Crippen LogP contribution in [-0.4, -0.2) is 46.9 Å². The standard InChI is InChI=1S/C15H26N2O4/c1-3-17(4-2)14(19)10-6-9-13(18)16-12-8-5-7-11(12)15(20)21/h11-12H,3-10H2,1-2H3,(H,16,18)(H,20,21)/t11-,12+/m0/s1.